The Morgan fingerprint density at radius 1 is 1.44 bits per heavy atom. The highest BCUT2D eigenvalue weighted by molar-refractivity contribution is 9.10. The number of aliphatic hydroxyl groups excluding tert-OH is 1. The first kappa shape index (κ1) is 15.4. The number of likely N-dealkylation sites (N-methyl/N-ethyl adjacent to an activating group) is 1. The first-order chi connectivity index (χ1) is 8.56. The molecule has 102 valence electrons. The summed E-state index contributed by atoms with van der Waals surface area (Å²) in [7, 11) is 2.01. The number of aliphatic hydroxyl groups is 1. The van der Waals surface area contributed by atoms with Crippen LogP contribution >= 0.6 is 15.9 Å². The number of hydrogen-bond acceptors (Lipinski definition) is 4. The number of halogens is 1. The standard InChI is InChI=1S/C13H21BrN2O2/c1-10(15)12-4-3-11(9-13(12)14)16(2)5-7-18-8-6-17/h3-4,9-10,17H,5-8,15H2,1-2H3/t10-/m0/s1. The van der Waals surface area contributed by atoms with Gasteiger partial charge in [0.1, 0.15) is 0 Å². The van der Waals surface area contributed by atoms with Gasteiger partial charge in [0, 0.05) is 29.8 Å². The van der Waals surface area contributed by atoms with E-state index in [0.717, 1.165) is 22.3 Å². The van der Waals surface area contributed by atoms with Crippen molar-refractivity contribution in [1.29, 1.82) is 0 Å². The third-order valence-corrected chi connectivity index (χ3v) is 3.41. The maximum atomic E-state index is 8.61. The van der Waals surface area contributed by atoms with Crippen molar-refractivity contribution < 1.29 is 9.84 Å². The van der Waals surface area contributed by atoms with E-state index < -0.39 is 0 Å². The molecule has 3 N–H and O–H groups in total. The number of ether oxygens (including phenoxy) is 1. The lowest BCUT2D eigenvalue weighted by molar-refractivity contribution is 0.0971. The molecule has 5 heteroatoms. The molecule has 0 aliphatic carbocycles. The number of benzene rings is 1. The van der Waals surface area contributed by atoms with Crippen molar-refractivity contribution in [1.82, 2.24) is 0 Å². The summed E-state index contributed by atoms with van der Waals surface area (Å²) in [6, 6.07) is 6.17. The molecule has 0 aliphatic rings. The molecule has 0 heterocycles. The number of nitrogens with zero attached hydrogens (tertiary/aromatic N) is 1. The Morgan fingerprint density at radius 2 is 2.17 bits per heavy atom. The highest BCUT2D eigenvalue weighted by Crippen LogP contribution is 2.26. The van der Waals surface area contributed by atoms with Gasteiger partial charge >= 0.3 is 0 Å². The molecule has 0 radical (unpaired) electrons. The lowest BCUT2D eigenvalue weighted by Crippen LogP contribution is -2.23. The molecule has 0 aromatic heterocycles. The van der Waals surface area contributed by atoms with Crippen molar-refractivity contribution >= 4 is 21.6 Å². The van der Waals surface area contributed by atoms with Crippen LogP contribution in [0.2, 0.25) is 0 Å². The summed E-state index contributed by atoms with van der Waals surface area (Å²) < 4.78 is 6.27. The van der Waals surface area contributed by atoms with Gasteiger partial charge in [0.15, 0.2) is 0 Å². The Morgan fingerprint density at radius 3 is 2.72 bits per heavy atom. The molecule has 0 bridgehead atoms. The van der Waals surface area contributed by atoms with Crippen molar-refractivity contribution in [3.63, 3.8) is 0 Å². The third kappa shape index (κ3) is 4.57. The summed E-state index contributed by atoms with van der Waals surface area (Å²) in [4.78, 5) is 2.10. The zero-order chi connectivity index (χ0) is 13.5. The third-order valence-electron chi connectivity index (χ3n) is 2.72. The van der Waals surface area contributed by atoms with Gasteiger partial charge in [0.05, 0.1) is 19.8 Å². The number of anilines is 1. The molecule has 0 amide bonds. The van der Waals surface area contributed by atoms with Crippen LogP contribution in [0.1, 0.15) is 18.5 Å². The fourth-order valence-electron chi connectivity index (χ4n) is 1.62. The van der Waals surface area contributed by atoms with Crippen LogP contribution in [-0.4, -0.2) is 38.5 Å². The van der Waals surface area contributed by atoms with Gasteiger partial charge in [0.2, 0.25) is 0 Å². The SMILES string of the molecule is C[C@H](N)c1ccc(N(C)CCOCCO)cc1Br. The summed E-state index contributed by atoms with van der Waals surface area (Å²) in [5.74, 6) is 0. The molecular formula is C13H21BrN2O2. The summed E-state index contributed by atoms with van der Waals surface area (Å²) in [5.41, 5.74) is 8.08. The van der Waals surface area contributed by atoms with E-state index in [1.807, 2.05) is 20.0 Å². The van der Waals surface area contributed by atoms with Crippen LogP contribution in [-0.2, 0) is 4.74 Å². The molecule has 0 saturated heterocycles. The Hall–Kier alpha value is -0.620. The second kappa shape index (κ2) is 7.74. The summed E-state index contributed by atoms with van der Waals surface area (Å²) >= 11 is 3.54. The first-order valence-corrected chi connectivity index (χ1v) is 6.80. The highest BCUT2D eigenvalue weighted by Gasteiger charge is 2.07. The predicted octanol–water partition coefficient (Wildman–Crippen LogP) is 1.91. The van der Waals surface area contributed by atoms with Crippen molar-refractivity contribution in [3.8, 4) is 0 Å². The lowest BCUT2D eigenvalue weighted by Gasteiger charge is -2.20. The number of rotatable bonds is 7. The second-order valence-corrected chi connectivity index (χ2v) is 5.11. The van der Waals surface area contributed by atoms with E-state index in [0.29, 0.717) is 13.2 Å². The maximum Gasteiger partial charge on any atom is 0.0698 e. The van der Waals surface area contributed by atoms with Crippen molar-refractivity contribution in [2.45, 2.75) is 13.0 Å². The monoisotopic (exact) mass is 316 g/mol. The van der Waals surface area contributed by atoms with E-state index in [9.17, 15) is 0 Å². The molecule has 4 nitrogen and oxygen atoms in total. The van der Waals surface area contributed by atoms with Crippen molar-refractivity contribution in [2.75, 3.05) is 38.3 Å². The smallest absolute Gasteiger partial charge is 0.0698 e. The topological polar surface area (TPSA) is 58.7 Å². The minimum atomic E-state index is 0.0200. The van der Waals surface area contributed by atoms with Gasteiger partial charge in [-0.2, -0.15) is 0 Å². The van der Waals surface area contributed by atoms with E-state index in [2.05, 4.69) is 33.0 Å². The van der Waals surface area contributed by atoms with Gasteiger partial charge in [0.25, 0.3) is 0 Å². The highest BCUT2D eigenvalue weighted by atomic mass is 79.9. The molecule has 1 aromatic carbocycles. The van der Waals surface area contributed by atoms with Gasteiger partial charge in [-0.05, 0) is 24.6 Å². The van der Waals surface area contributed by atoms with E-state index in [1.54, 1.807) is 0 Å². The fourth-order valence-corrected chi connectivity index (χ4v) is 2.35. The number of nitrogens with two attached hydrogens (primary N) is 1. The zero-order valence-electron chi connectivity index (χ0n) is 10.9. The molecular weight excluding hydrogens is 296 g/mol. The van der Waals surface area contributed by atoms with Crippen LogP contribution in [0.5, 0.6) is 0 Å². The van der Waals surface area contributed by atoms with E-state index in [-0.39, 0.29) is 12.6 Å². The van der Waals surface area contributed by atoms with Crippen LogP contribution in [0.4, 0.5) is 5.69 Å². The average Bonchev–Trinajstić information content (AvgIpc) is 2.33. The van der Waals surface area contributed by atoms with E-state index >= 15 is 0 Å². The Balaban J connectivity index is 2.58. The molecule has 1 rings (SSSR count). The van der Waals surface area contributed by atoms with Crippen LogP contribution in [0, 0.1) is 0 Å². The molecule has 0 unspecified atom stereocenters. The molecule has 0 fully saturated rings. The van der Waals surface area contributed by atoms with E-state index in [4.69, 9.17) is 15.6 Å². The number of hydrogen-bond donors (Lipinski definition) is 2. The van der Waals surface area contributed by atoms with Crippen LogP contribution in [0.3, 0.4) is 0 Å². The Kier molecular flexibility index (Phi) is 6.63. The van der Waals surface area contributed by atoms with E-state index in [1.165, 1.54) is 0 Å². The molecule has 1 aromatic rings. The predicted molar refractivity (Wildman–Crippen MR) is 77.9 cm³/mol. The lowest BCUT2D eigenvalue weighted by atomic mass is 10.1. The van der Waals surface area contributed by atoms with Crippen LogP contribution in [0.25, 0.3) is 0 Å². The Bertz CT molecular complexity index is 372. The van der Waals surface area contributed by atoms with Crippen LogP contribution in [0.15, 0.2) is 22.7 Å². The molecule has 0 aliphatic heterocycles. The van der Waals surface area contributed by atoms with Gasteiger partial charge in [-0.3, -0.25) is 0 Å². The van der Waals surface area contributed by atoms with Gasteiger partial charge in [-0.15, -0.1) is 0 Å². The van der Waals surface area contributed by atoms with Gasteiger partial charge in [-0.1, -0.05) is 22.0 Å². The Labute approximate surface area is 117 Å². The normalized spacial score (nSPS) is 12.5. The van der Waals surface area contributed by atoms with Crippen molar-refractivity contribution in [2.24, 2.45) is 5.73 Å². The summed E-state index contributed by atoms with van der Waals surface area (Å²) in [6.45, 7) is 3.80. The molecule has 1 atom stereocenters. The minimum absolute atomic E-state index is 0.0200. The maximum absolute atomic E-state index is 8.61. The summed E-state index contributed by atoms with van der Waals surface area (Å²) in [5, 5.41) is 8.61. The fraction of sp³-hybridized carbons (Fsp3) is 0.538. The minimum Gasteiger partial charge on any atom is -0.394 e. The van der Waals surface area contributed by atoms with Gasteiger partial charge in [-0.25, -0.2) is 0 Å². The van der Waals surface area contributed by atoms with Crippen LogP contribution < -0.4 is 10.6 Å². The second-order valence-electron chi connectivity index (χ2n) is 4.25. The summed E-state index contributed by atoms with van der Waals surface area (Å²) in [6.07, 6.45) is 0. The zero-order valence-corrected chi connectivity index (χ0v) is 12.5. The van der Waals surface area contributed by atoms with Crippen molar-refractivity contribution in [3.05, 3.63) is 28.2 Å². The van der Waals surface area contributed by atoms with Gasteiger partial charge < -0.3 is 20.5 Å². The molecule has 0 spiro atoms. The first-order valence-electron chi connectivity index (χ1n) is 6.01. The molecule has 0 saturated carbocycles. The molecule has 18 heavy (non-hydrogen) atoms. The quantitative estimate of drug-likeness (QED) is 0.754. The average molecular weight is 317 g/mol. The largest absolute Gasteiger partial charge is 0.394 e.